The summed E-state index contributed by atoms with van der Waals surface area (Å²) in [7, 11) is 0. The Morgan fingerprint density at radius 1 is 1.29 bits per heavy atom. The molecule has 0 saturated carbocycles. The summed E-state index contributed by atoms with van der Waals surface area (Å²) < 4.78 is 42.4. The number of carbonyl (C=O) groups excluding carboxylic acids is 1. The summed E-state index contributed by atoms with van der Waals surface area (Å²) in [5, 5.41) is 0. The Balaban J connectivity index is 3.32. The first kappa shape index (κ1) is 20.8. The van der Waals surface area contributed by atoms with E-state index in [0.717, 1.165) is 12.1 Å². The minimum Gasteiger partial charge on any atom is -0.598 e. The standard InChI is InChI=1S/C18H25F2NO2S/c1-7-12(2)16(22)11-18(6,21-24(23)17(3,4)5)14-9-8-13(19)10-15(14)20/h7-10,21H,11H2,1-6H3/b12-7+/t18-,24+/m0/s1. The molecule has 1 aromatic rings. The van der Waals surface area contributed by atoms with Gasteiger partial charge < -0.3 is 4.55 Å². The molecular weight excluding hydrogens is 332 g/mol. The molecule has 0 fully saturated rings. The van der Waals surface area contributed by atoms with Gasteiger partial charge in [-0.05, 0) is 53.2 Å². The average molecular weight is 357 g/mol. The summed E-state index contributed by atoms with van der Waals surface area (Å²) in [6.45, 7) is 10.3. The second-order valence-corrected chi connectivity index (χ2v) is 8.98. The minimum atomic E-state index is -1.53. The third-order valence-electron chi connectivity index (χ3n) is 3.79. The molecule has 0 amide bonds. The lowest BCUT2D eigenvalue weighted by atomic mass is 9.86. The summed E-state index contributed by atoms with van der Waals surface area (Å²) in [5.41, 5.74) is -0.581. The maximum absolute atomic E-state index is 14.3. The smallest absolute Gasteiger partial charge is 0.160 e. The molecule has 0 aromatic heterocycles. The van der Waals surface area contributed by atoms with Gasteiger partial charge in [-0.1, -0.05) is 12.1 Å². The number of hydrogen-bond acceptors (Lipinski definition) is 3. The number of allylic oxidation sites excluding steroid dienone is 2. The van der Waals surface area contributed by atoms with Crippen LogP contribution >= 0.6 is 0 Å². The van der Waals surface area contributed by atoms with Crippen molar-refractivity contribution in [2.24, 2.45) is 0 Å². The Labute approximate surface area is 145 Å². The SMILES string of the molecule is C/C=C(\C)C(=O)C[C@](C)(N[S@+]([O-])C(C)(C)C)c1ccc(F)cc1F. The number of carbonyl (C=O) groups is 1. The van der Waals surface area contributed by atoms with Gasteiger partial charge in [0.25, 0.3) is 0 Å². The highest BCUT2D eigenvalue weighted by Gasteiger charge is 2.40. The molecular formula is C18H25F2NO2S. The van der Waals surface area contributed by atoms with Crippen molar-refractivity contribution in [1.29, 1.82) is 0 Å². The number of rotatable bonds is 6. The van der Waals surface area contributed by atoms with E-state index in [1.54, 1.807) is 47.6 Å². The van der Waals surface area contributed by atoms with Gasteiger partial charge in [-0.15, -0.1) is 4.72 Å². The molecule has 0 aliphatic carbocycles. The van der Waals surface area contributed by atoms with E-state index in [2.05, 4.69) is 4.72 Å². The normalized spacial score (nSPS) is 16.6. The predicted octanol–water partition coefficient (Wildman–Crippen LogP) is 4.16. The van der Waals surface area contributed by atoms with Crippen LogP contribution in [-0.4, -0.2) is 15.1 Å². The van der Waals surface area contributed by atoms with Crippen molar-refractivity contribution < 1.29 is 18.1 Å². The molecule has 1 N–H and O–H groups in total. The minimum absolute atomic E-state index is 0.0897. The number of Topliss-reactive ketones (excluding diaryl/α,β-unsaturated/α-hetero) is 1. The van der Waals surface area contributed by atoms with Crippen molar-refractivity contribution >= 4 is 17.1 Å². The van der Waals surface area contributed by atoms with Gasteiger partial charge in [-0.25, -0.2) is 8.78 Å². The molecule has 0 bridgehead atoms. The Bertz CT molecular complexity index is 640. The third-order valence-corrected chi connectivity index (χ3v) is 5.53. The van der Waals surface area contributed by atoms with Crippen LogP contribution in [-0.2, 0) is 21.7 Å². The molecule has 1 rings (SSSR count). The number of hydrogen-bond donors (Lipinski definition) is 1. The van der Waals surface area contributed by atoms with Crippen LogP contribution in [0.2, 0.25) is 0 Å². The Morgan fingerprint density at radius 3 is 2.33 bits per heavy atom. The molecule has 0 aliphatic heterocycles. The molecule has 0 saturated heterocycles. The van der Waals surface area contributed by atoms with Crippen LogP contribution in [0.5, 0.6) is 0 Å². The monoisotopic (exact) mass is 357 g/mol. The maximum Gasteiger partial charge on any atom is 0.160 e. The van der Waals surface area contributed by atoms with Crippen LogP contribution in [0.25, 0.3) is 0 Å². The van der Waals surface area contributed by atoms with Crippen LogP contribution in [0.1, 0.15) is 53.5 Å². The van der Waals surface area contributed by atoms with Crippen molar-refractivity contribution in [3.63, 3.8) is 0 Å². The second kappa shape index (κ2) is 7.76. The van der Waals surface area contributed by atoms with E-state index in [0.29, 0.717) is 5.57 Å². The van der Waals surface area contributed by atoms with Crippen LogP contribution in [0.3, 0.4) is 0 Å². The Morgan fingerprint density at radius 2 is 1.88 bits per heavy atom. The highest BCUT2D eigenvalue weighted by atomic mass is 32.2. The quantitative estimate of drug-likeness (QED) is 0.614. The summed E-state index contributed by atoms with van der Waals surface area (Å²) >= 11 is -1.53. The van der Waals surface area contributed by atoms with E-state index in [1.807, 2.05) is 0 Å². The lowest BCUT2D eigenvalue weighted by Crippen LogP contribution is -2.51. The van der Waals surface area contributed by atoms with E-state index in [9.17, 15) is 18.1 Å². The van der Waals surface area contributed by atoms with Gasteiger partial charge in [0.05, 0.1) is 5.54 Å². The third kappa shape index (κ3) is 5.13. The van der Waals surface area contributed by atoms with Crippen molar-refractivity contribution in [3.8, 4) is 0 Å². The second-order valence-electron chi connectivity index (χ2n) is 7.01. The zero-order chi connectivity index (χ0) is 18.7. The zero-order valence-corrected chi connectivity index (χ0v) is 15.8. The fourth-order valence-corrected chi connectivity index (χ4v) is 3.00. The summed E-state index contributed by atoms with van der Waals surface area (Å²) in [6, 6.07) is 3.18. The van der Waals surface area contributed by atoms with Crippen LogP contribution < -0.4 is 4.72 Å². The molecule has 24 heavy (non-hydrogen) atoms. The van der Waals surface area contributed by atoms with Gasteiger partial charge in [0.15, 0.2) is 5.78 Å². The Kier molecular flexibility index (Phi) is 6.73. The van der Waals surface area contributed by atoms with Crippen molar-refractivity contribution in [3.05, 3.63) is 47.0 Å². The van der Waals surface area contributed by atoms with Gasteiger partial charge >= 0.3 is 0 Å². The van der Waals surface area contributed by atoms with E-state index in [4.69, 9.17) is 0 Å². The first-order valence-corrected chi connectivity index (χ1v) is 8.87. The fraction of sp³-hybridized carbons (Fsp3) is 0.500. The highest BCUT2D eigenvalue weighted by Crippen LogP contribution is 2.31. The van der Waals surface area contributed by atoms with Crippen LogP contribution in [0, 0.1) is 11.6 Å². The topological polar surface area (TPSA) is 52.2 Å². The van der Waals surface area contributed by atoms with Gasteiger partial charge in [0.1, 0.15) is 16.4 Å². The van der Waals surface area contributed by atoms with E-state index in [-0.39, 0.29) is 17.8 Å². The zero-order valence-electron chi connectivity index (χ0n) is 15.0. The average Bonchev–Trinajstić information content (AvgIpc) is 2.44. The molecule has 6 heteroatoms. The molecule has 0 radical (unpaired) electrons. The van der Waals surface area contributed by atoms with Crippen LogP contribution in [0.4, 0.5) is 8.78 Å². The molecule has 3 nitrogen and oxygen atoms in total. The first-order valence-electron chi connectivity index (χ1n) is 7.72. The van der Waals surface area contributed by atoms with E-state index >= 15 is 0 Å². The molecule has 2 atom stereocenters. The lowest BCUT2D eigenvalue weighted by molar-refractivity contribution is -0.116. The number of benzene rings is 1. The van der Waals surface area contributed by atoms with Gasteiger partial charge in [-0.3, -0.25) is 4.79 Å². The maximum atomic E-state index is 14.3. The van der Waals surface area contributed by atoms with Gasteiger partial charge in [0, 0.05) is 29.4 Å². The molecule has 0 spiro atoms. The molecule has 1 aromatic carbocycles. The number of halogens is 2. The van der Waals surface area contributed by atoms with Crippen LogP contribution in [0.15, 0.2) is 29.8 Å². The predicted molar refractivity (Wildman–Crippen MR) is 93.8 cm³/mol. The summed E-state index contributed by atoms with van der Waals surface area (Å²) in [4.78, 5) is 12.4. The lowest BCUT2D eigenvalue weighted by Gasteiger charge is -2.35. The van der Waals surface area contributed by atoms with Gasteiger partial charge in [-0.2, -0.15) is 0 Å². The molecule has 0 unspecified atom stereocenters. The van der Waals surface area contributed by atoms with Crippen molar-refractivity contribution in [2.45, 2.75) is 58.2 Å². The van der Waals surface area contributed by atoms with Gasteiger partial charge in [0.2, 0.25) is 0 Å². The number of ketones is 1. The number of nitrogens with one attached hydrogen (secondary N) is 1. The van der Waals surface area contributed by atoms with Crippen molar-refractivity contribution in [1.82, 2.24) is 4.72 Å². The summed E-state index contributed by atoms with van der Waals surface area (Å²) in [6.07, 6.45) is 1.58. The highest BCUT2D eigenvalue weighted by molar-refractivity contribution is 7.90. The van der Waals surface area contributed by atoms with E-state index in [1.165, 1.54) is 6.07 Å². The molecule has 134 valence electrons. The first-order chi connectivity index (χ1) is 10.9. The fourth-order valence-electron chi connectivity index (χ4n) is 2.10. The largest absolute Gasteiger partial charge is 0.598 e. The summed E-state index contributed by atoms with van der Waals surface area (Å²) in [5.74, 6) is -1.67. The molecule has 0 aliphatic rings. The van der Waals surface area contributed by atoms with E-state index < -0.39 is 33.3 Å². The van der Waals surface area contributed by atoms with Crippen molar-refractivity contribution in [2.75, 3.05) is 0 Å². The Hall–Kier alpha value is -1.24. The molecule has 0 heterocycles.